The minimum absolute atomic E-state index is 0.00442. The first kappa shape index (κ1) is 12.6. The summed E-state index contributed by atoms with van der Waals surface area (Å²) in [5.74, 6) is -0.801. The van der Waals surface area contributed by atoms with Crippen LogP contribution in [0.4, 0.5) is 5.69 Å². The van der Waals surface area contributed by atoms with Gasteiger partial charge < -0.3 is 10.2 Å². The van der Waals surface area contributed by atoms with Crippen LogP contribution < -0.4 is 10.2 Å². The molecular formula is C12H11ClN2O3. The molecule has 1 fully saturated rings. The van der Waals surface area contributed by atoms with E-state index in [0.717, 1.165) is 0 Å². The van der Waals surface area contributed by atoms with Crippen LogP contribution in [0.5, 0.6) is 0 Å². The topological polar surface area (TPSA) is 66.5 Å². The molecule has 2 rings (SSSR count). The van der Waals surface area contributed by atoms with Crippen molar-refractivity contribution in [2.45, 2.75) is 6.42 Å². The van der Waals surface area contributed by atoms with E-state index in [9.17, 15) is 14.4 Å². The molecule has 0 saturated carbocycles. The van der Waals surface area contributed by atoms with Gasteiger partial charge in [-0.05, 0) is 18.2 Å². The van der Waals surface area contributed by atoms with Crippen LogP contribution in [0, 0.1) is 0 Å². The summed E-state index contributed by atoms with van der Waals surface area (Å²) >= 11 is 5.84. The van der Waals surface area contributed by atoms with Crippen molar-refractivity contribution in [2.24, 2.45) is 0 Å². The summed E-state index contributed by atoms with van der Waals surface area (Å²) in [7, 11) is 1.49. The van der Waals surface area contributed by atoms with Gasteiger partial charge in [0.2, 0.25) is 5.91 Å². The van der Waals surface area contributed by atoms with Gasteiger partial charge in [-0.15, -0.1) is 0 Å². The third-order valence-electron chi connectivity index (χ3n) is 2.70. The third kappa shape index (κ3) is 2.22. The lowest BCUT2D eigenvalue weighted by Gasteiger charge is -2.18. The van der Waals surface area contributed by atoms with Crippen molar-refractivity contribution in [1.82, 2.24) is 5.32 Å². The second-order valence-corrected chi connectivity index (χ2v) is 4.37. The number of halogens is 1. The molecule has 1 aliphatic rings. The zero-order valence-electron chi connectivity index (χ0n) is 9.70. The first-order valence-corrected chi connectivity index (χ1v) is 5.74. The van der Waals surface area contributed by atoms with E-state index >= 15 is 0 Å². The molecule has 1 aliphatic heterocycles. The number of nitrogens with one attached hydrogen (secondary N) is 1. The fourth-order valence-corrected chi connectivity index (χ4v) is 2.04. The lowest BCUT2D eigenvalue weighted by molar-refractivity contribution is -0.121. The normalized spacial score (nSPS) is 15.1. The molecule has 5 nitrogen and oxygen atoms in total. The first-order valence-electron chi connectivity index (χ1n) is 5.36. The van der Waals surface area contributed by atoms with E-state index in [0.29, 0.717) is 10.7 Å². The second-order valence-electron chi connectivity index (χ2n) is 3.94. The Morgan fingerprint density at radius 2 is 2.11 bits per heavy atom. The highest BCUT2D eigenvalue weighted by Gasteiger charge is 2.31. The Bertz CT molecular complexity index is 542. The van der Waals surface area contributed by atoms with E-state index in [2.05, 4.69) is 5.32 Å². The number of rotatable bonds is 2. The van der Waals surface area contributed by atoms with Crippen molar-refractivity contribution in [3.8, 4) is 0 Å². The first-order chi connectivity index (χ1) is 8.52. The number of hydrogen-bond acceptors (Lipinski definition) is 3. The molecule has 0 bridgehead atoms. The summed E-state index contributed by atoms with van der Waals surface area (Å²) < 4.78 is 0. The fraction of sp³-hybridized carbons (Fsp3) is 0.250. The van der Waals surface area contributed by atoms with E-state index in [1.807, 2.05) is 0 Å². The zero-order valence-corrected chi connectivity index (χ0v) is 10.5. The highest BCUT2D eigenvalue weighted by atomic mass is 35.5. The standard InChI is InChI=1S/C12H11ClN2O3/c1-14-12(18)9-4-7(13)2-3-10(9)15-6-8(16)5-11(15)17/h2-4H,5-6H2,1H3,(H,14,18). The molecule has 0 spiro atoms. The number of hydrogen-bond donors (Lipinski definition) is 1. The highest BCUT2D eigenvalue weighted by molar-refractivity contribution is 6.31. The lowest BCUT2D eigenvalue weighted by Crippen LogP contribution is -2.28. The summed E-state index contributed by atoms with van der Waals surface area (Å²) in [5.41, 5.74) is 0.697. The van der Waals surface area contributed by atoms with Crippen molar-refractivity contribution in [3.05, 3.63) is 28.8 Å². The Morgan fingerprint density at radius 1 is 1.39 bits per heavy atom. The number of amides is 2. The van der Waals surface area contributed by atoms with Crippen LogP contribution in [0.25, 0.3) is 0 Å². The van der Waals surface area contributed by atoms with Gasteiger partial charge in [-0.3, -0.25) is 14.4 Å². The lowest BCUT2D eigenvalue weighted by atomic mass is 10.1. The van der Waals surface area contributed by atoms with Gasteiger partial charge in [0.05, 0.1) is 24.2 Å². The highest BCUT2D eigenvalue weighted by Crippen LogP contribution is 2.27. The van der Waals surface area contributed by atoms with Crippen LogP contribution in [-0.2, 0) is 9.59 Å². The summed E-state index contributed by atoms with van der Waals surface area (Å²) in [6, 6.07) is 4.63. The molecule has 0 atom stereocenters. The maximum Gasteiger partial charge on any atom is 0.253 e. The quantitative estimate of drug-likeness (QED) is 0.813. The molecule has 1 N–H and O–H groups in total. The summed E-state index contributed by atoms with van der Waals surface area (Å²) in [5, 5.41) is 2.88. The number of nitrogens with zero attached hydrogens (tertiary/aromatic N) is 1. The molecule has 6 heteroatoms. The largest absolute Gasteiger partial charge is 0.355 e. The molecule has 0 unspecified atom stereocenters. The molecular weight excluding hydrogens is 256 g/mol. The molecule has 18 heavy (non-hydrogen) atoms. The maximum atomic E-state index is 11.7. The van der Waals surface area contributed by atoms with Crippen LogP contribution in [0.15, 0.2) is 18.2 Å². The number of ketones is 1. The maximum absolute atomic E-state index is 11.7. The number of carbonyl (C=O) groups excluding carboxylic acids is 3. The molecule has 94 valence electrons. The van der Waals surface area contributed by atoms with Gasteiger partial charge in [-0.2, -0.15) is 0 Å². The molecule has 1 saturated heterocycles. The van der Waals surface area contributed by atoms with E-state index in [4.69, 9.17) is 11.6 Å². The van der Waals surface area contributed by atoms with E-state index in [1.165, 1.54) is 18.0 Å². The van der Waals surface area contributed by atoms with Gasteiger partial charge in [0, 0.05) is 12.1 Å². The molecule has 0 aromatic heterocycles. The summed E-state index contributed by atoms with van der Waals surface area (Å²) in [4.78, 5) is 36.0. The monoisotopic (exact) mass is 266 g/mol. The molecule has 2 amide bonds. The van der Waals surface area contributed by atoms with Crippen molar-refractivity contribution < 1.29 is 14.4 Å². The Kier molecular flexibility index (Phi) is 3.34. The molecule has 0 aliphatic carbocycles. The molecule has 0 radical (unpaired) electrons. The van der Waals surface area contributed by atoms with Crippen LogP contribution in [0.2, 0.25) is 5.02 Å². The van der Waals surface area contributed by atoms with Crippen LogP contribution >= 0.6 is 11.6 Å². The smallest absolute Gasteiger partial charge is 0.253 e. The summed E-state index contributed by atoms with van der Waals surface area (Å²) in [6.45, 7) is 0.00442. The van der Waals surface area contributed by atoms with Gasteiger partial charge in [0.25, 0.3) is 5.91 Å². The van der Waals surface area contributed by atoms with Crippen LogP contribution in [0.3, 0.4) is 0 Å². The minimum Gasteiger partial charge on any atom is -0.355 e. The Balaban J connectivity index is 2.47. The average Bonchev–Trinajstić information content (AvgIpc) is 2.67. The van der Waals surface area contributed by atoms with Gasteiger partial charge in [0.1, 0.15) is 0 Å². The second kappa shape index (κ2) is 4.78. The van der Waals surface area contributed by atoms with Gasteiger partial charge in [-0.1, -0.05) is 11.6 Å². The van der Waals surface area contributed by atoms with E-state index < -0.39 is 0 Å². The number of Topliss-reactive ketones (excluding diaryl/α,β-unsaturated/α-hetero) is 1. The number of anilines is 1. The van der Waals surface area contributed by atoms with Crippen molar-refractivity contribution >= 4 is 34.9 Å². The average molecular weight is 267 g/mol. The van der Waals surface area contributed by atoms with Crippen LogP contribution in [0.1, 0.15) is 16.8 Å². The molecule has 1 heterocycles. The van der Waals surface area contributed by atoms with Crippen molar-refractivity contribution in [1.29, 1.82) is 0 Å². The Hall–Kier alpha value is -1.88. The SMILES string of the molecule is CNC(=O)c1cc(Cl)ccc1N1CC(=O)CC1=O. The number of benzene rings is 1. The van der Waals surface area contributed by atoms with Crippen molar-refractivity contribution in [3.63, 3.8) is 0 Å². The van der Waals surface area contributed by atoms with E-state index in [1.54, 1.807) is 12.1 Å². The predicted molar refractivity (Wildman–Crippen MR) is 66.8 cm³/mol. The fourth-order valence-electron chi connectivity index (χ4n) is 1.86. The van der Waals surface area contributed by atoms with Gasteiger partial charge >= 0.3 is 0 Å². The minimum atomic E-state index is -0.348. The Morgan fingerprint density at radius 3 is 2.67 bits per heavy atom. The molecule has 1 aromatic carbocycles. The predicted octanol–water partition coefficient (Wildman–Crippen LogP) is 1.01. The van der Waals surface area contributed by atoms with Gasteiger partial charge in [0.15, 0.2) is 5.78 Å². The number of carbonyl (C=O) groups is 3. The van der Waals surface area contributed by atoms with E-state index in [-0.39, 0.29) is 36.1 Å². The summed E-state index contributed by atoms with van der Waals surface area (Å²) in [6.07, 6.45) is -0.115. The van der Waals surface area contributed by atoms with Crippen molar-refractivity contribution in [2.75, 3.05) is 18.5 Å². The zero-order chi connectivity index (χ0) is 13.3. The third-order valence-corrected chi connectivity index (χ3v) is 2.94. The molecule has 1 aromatic rings. The Labute approximate surface area is 109 Å². The van der Waals surface area contributed by atoms with Gasteiger partial charge in [-0.25, -0.2) is 0 Å². The van der Waals surface area contributed by atoms with Crippen LogP contribution in [-0.4, -0.2) is 31.2 Å².